The Morgan fingerprint density at radius 2 is 2.05 bits per heavy atom. The number of hydrogen-bond acceptors (Lipinski definition) is 4. The van der Waals surface area contributed by atoms with Crippen molar-refractivity contribution < 1.29 is 14.3 Å². The van der Waals surface area contributed by atoms with Crippen molar-refractivity contribution in [2.45, 2.75) is 20.8 Å². The van der Waals surface area contributed by atoms with Crippen LogP contribution in [-0.4, -0.2) is 28.1 Å². The molecule has 0 amide bonds. The second-order valence-corrected chi connectivity index (χ2v) is 4.97. The lowest BCUT2D eigenvalue weighted by Crippen LogP contribution is -2.09. The van der Waals surface area contributed by atoms with Gasteiger partial charge in [-0.15, -0.1) is 0 Å². The van der Waals surface area contributed by atoms with E-state index in [1.54, 1.807) is 19.1 Å². The number of carbonyl (C=O) groups excluding carboxylic acids is 2. The molecule has 0 bridgehead atoms. The molecule has 0 spiro atoms. The standard InChI is InChI=1S/C15H15ClN2O3/c1-4-21-15(20)12-8-14(10(3)19)18(17-12)13-7-11(16)6-5-9(13)2/h5-8H,4H2,1-3H3. The Bertz CT molecular complexity index is 707. The molecular formula is C15H15ClN2O3. The fourth-order valence-corrected chi connectivity index (χ4v) is 2.10. The van der Waals surface area contributed by atoms with E-state index in [1.807, 2.05) is 13.0 Å². The molecule has 0 aliphatic heterocycles. The maximum Gasteiger partial charge on any atom is 0.358 e. The predicted molar refractivity (Wildman–Crippen MR) is 79.3 cm³/mol. The Balaban J connectivity index is 2.59. The molecular weight excluding hydrogens is 292 g/mol. The molecule has 2 aromatic rings. The molecule has 0 N–H and O–H groups in total. The summed E-state index contributed by atoms with van der Waals surface area (Å²) in [5.41, 5.74) is 1.95. The van der Waals surface area contributed by atoms with Gasteiger partial charge >= 0.3 is 5.97 Å². The number of hydrogen-bond donors (Lipinski definition) is 0. The van der Waals surface area contributed by atoms with Gasteiger partial charge in [0.25, 0.3) is 0 Å². The van der Waals surface area contributed by atoms with Gasteiger partial charge in [-0.05, 0) is 31.5 Å². The van der Waals surface area contributed by atoms with Crippen LogP contribution < -0.4 is 0 Å². The van der Waals surface area contributed by atoms with E-state index in [4.69, 9.17) is 16.3 Å². The summed E-state index contributed by atoms with van der Waals surface area (Å²) in [5.74, 6) is -0.754. The first-order valence-corrected chi connectivity index (χ1v) is 6.86. The van der Waals surface area contributed by atoms with Gasteiger partial charge in [-0.25, -0.2) is 9.48 Å². The van der Waals surface area contributed by atoms with Crippen LogP contribution in [0.3, 0.4) is 0 Å². The number of halogens is 1. The van der Waals surface area contributed by atoms with Crippen LogP contribution in [0.25, 0.3) is 5.69 Å². The molecule has 0 aliphatic rings. The molecule has 5 nitrogen and oxygen atoms in total. The minimum Gasteiger partial charge on any atom is -0.461 e. The second-order valence-electron chi connectivity index (χ2n) is 4.53. The van der Waals surface area contributed by atoms with Gasteiger partial charge < -0.3 is 4.74 Å². The summed E-state index contributed by atoms with van der Waals surface area (Å²) in [6, 6.07) is 6.71. The van der Waals surface area contributed by atoms with Crippen LogP contribution in [0.4, 0.5) is 0 Å². The Labute approximate surface area is 127 Å². The highest BCUT2D eigenvalue weighted by molar-refractivity contribution is 6.30. The largest absolute Gasteiger partial charge is 0.461 e. The second kappa shape index (κ2) is 6.10. The van der Waals surface area contributed by atoms with E-state index in [-0.39, 0.29) is 18.1 Å². The van der Waals surface area contributed by atoms with E-state index >= 15 is 0 Å². The van der Waals surface area contributed by atoms with Crippen molar-refractivity contribution in [3.05, 3.63) is 46.2 Å². The van der Waals surface area contributed by atoms with Crippen LogP contribution in [0.1, 0.15) is 40.4 Å². The van der Waals surface area contributed by atoms with Crippen molar-refractivity contribution in [2.75, 3.05) is 6.61 Å². The average Bonchev–Trinajstić information content (AvgIpc) is 2.87. The third kappa shape index (κ3) is 3.13. The molecule has 0 fully saturated rings. The SMILES string of the molecule is CCOC(=O)c1cc(C(C)=O)n(-c2cc(Cl)ccc2C)n1. The van der Waals surface area contributed by atoms with Gasteiger partial charge in [0.15, 0.2) is 11.5 Å². The Morgan fingerprint density at radius 3 is 2.67 bits per heavy atom. The molecule has 6 heteroatoms. The van der Waals surface area contributed by atoms with Crippen molar-refractivity contribution in [3.8, 4) is 5.69 Å². The van der Waals surface area contributed by atoms with Gasteiger partial charge in [0, 0.05) is 18.0 Å². The smallest absolute Gasteiger partial charge is 0.358 e. The highest BCUT2D eigenvalue weighted by atomic mass is 35.5. The van der Waals surface area contributed by atoms with Crippen molar-refractivity contribution in [3.63, 3.8) is 0 Å². The number of ketones is 1. The minimum atomic E-state index is -0.557. The van der Waals surface area contributed by atoms with Crippen molar-refractivity contribution in [2.24, 2.45) is 0 Å². The monoisotopic (exact) mass is 306 g/mol. The van der Waals surface area contributed by atoms with Crippen LogP contribution in [0, 0.1) is 6.92 Å². The number of carbonyl (C=O) groups is 2. The maximum absolute atomic E-state index is 11.8. The highest BCUT2D eigenvalue weighted by Gasteiger charge is 2.19. The fraction of sp³-hybridized carbons (Fsp3) is 0.267. The van der Waals surface area contributed by atoms with Gasteiger partial charge in [0.1, 0.15) is 5.69 Å². The Hall–Kier alpha value is -2.14. The minimum absolute atomic E-state index is 0.0985. The number of Topliss-reactive ketones (excluding diaryl/α,β-unsaturated/α-hetero) is 1. The van der Waals surface area contributed by atoms with Gasteiger partial charge in [-0.3, -0.25) is 4.79 Å². The van der Waals surface area contributed by atoms with E-state index in [2.05, 4.69) is 5.10 Å². The summed E-state index contributed by atoms with van der Waals surface area (Å²) in [5, 5.41) is 4.71. The number of esters is 1. The molecule has 0 aliphatic carbocycles. The van der Waals surface area contributed by atoms with E-state index < -0.39 is 5.97 Å². The Morgan fingerprint density at radius 1 is 1.33 bits per heavy atom. The summed E-state index contributed by atoms with van der Waals surface area (Å²) < 4.78 is 6.34. The third-order valence-corrected chi connectivity index (χ3v) is 3.19. The van der Waals surface area contributed by atoms with Gasteiger partial charge in [-0.1, -0.05) is 17.7 Å². The Kier molecular flexibility index (Phi) is 4.43. The maximum atomic E-state index is 11.8. The zero-order valence-corrected chi connectivity index (χ0v) is 12.8. The number of rotatable bonds is 4. The molecule has 0 saturated heterocycles. The molecule has 2 rings (SSSR count). The van der Waals surface area contributed by atoms with Crippen molar-refractivity contribution in [1.29, 1.82) is 0 Å². The number of ether oxygens (including phenoxy) is 1. The molecule has 0 saturated carbocycles. The number of aryl methyl sites for hydroxylation is 1. The molecule has 21 heavy (non-hydrogen) atoms. The molecule has 1 aromatic heterocycles. The lowest BCUT2D eigenvalue weighted by Gasteiger charge is -2.09. The first-order valence-electron chi connectivity index (χ1n) is 6.48. The van der Waals surface area contributed by atoms with Crippen LogP contribution >= 0.6 is 11.6 Å². The fourth-order valence-electron chi connectivity index (χ4n) is 1.93. The van der Waals surface area contributed by atoms with Crippen LogP contribution in [0.5, 0.6) is 0 Å². The molecule has 0 atom stereocenters. The summed E-state index contributed by atoms with van der Waals surface area (Å²) in [6.45, 7) is 5.25. The lowest BCUT2D eigenvalue weighted by molar-refractivity contribution is 0.0519. The first kappa shape index (κ1) is 15.3. The zero-order chi connectivity index (χ0) is 15.6. The predicted octanol–water partition coefficient (Wildman–Crippen LogP) is 3.21. The highest BCUT2D eigenvalue weighted by Crippen LogP contribution is 2.21. The quantitative estimate of drug-likeness (QED) is 0.643. The molecule has 110 valence electrons. The lowest BCUT2D eigenvalue weighted by atomic mass is 10.2. The molecule has 1 aromatic carbocycles. The summed E-state index contributed by atoms with van der Waals surface area (Å²) in [7, 11) is 0. The van der Waals surface area contributed by atoms with E-state index in [1.165, 1.54) is 17.7 Å². The van der Waals surface area contributed by atoms with Crippen LogP contribution in [0.2, 0.25) is 5.02 Å². The normalized spacial score (nSPS) is 10.5. The average molecular weight is 307 g/mol. The van der Waals surface area contributed by atoms with Crippen molar-refractivity contribution in [1.82, 2.24) is 9.78 Å². The summed E-state index contributed by atoms with van der Waals surface area (Å²) in [4.78, 5) is 23.6. The van der Waals surface area contributed by atoms with Crippen LogP contribution in [0.15, 0.2) is 24.3 Å². The first-order chi connectivity index (χ1) is 9.93. The van der Waals surface area contributed by atoms with Crippen molar-refractivity contribution >= 4 is 23.4 Å². The van der Waals surface area contributed by atoms with E-state index in [0.29, 0.717) is 16.4 Å². The van der Waals surface area contributed by atoms with E-state index in [0.717, 1.165) is 5.56 Å². The summed E-state index contributed by atoms with van der Waals surface area (Å²) >= 11 is 6.00. The third-order valence-electron chi connectivity index (χ3n) is 2.95. The number of aromatic nitrogens is 2. The van der Waals surface area contributed by atoms with Gasteiger partial charge in [-0.2, -0.15) is 5.10 Å². The molecule has 0 unspecified atom stereocenters. The van der Waals surface area contributed by atoms with Gasteiger partial charge in [0.2, 0.25) is 0 Å². The number of nitrogens with zero attached hydrogens (tertiary/aromatic N) is 2. The molecule has 1 heterocycles. The number of benzene rings is 1. The topological polar surface area (TPSA) is 61.2 Å². The van der Waals surface area contributed by atoms with E-state index in [9.17, 15) is 9.59 Å². The summed E-state index contributed by atoms with van der Waals surface area (Å²) in [6.07, 6.45) is 0. The molecule has 0 radical (unpaired) electrons. The van der Waals surface area contributed by atoms with Gasteiger partial charge in [0.05, 0.1) is 12.3 Å². The zero-order valence-electron chi connectivity index (χ0n) is 12.0. The van der Waals surface area contributed by atoms with Crippen LogP contribution in [-0.2, 0) is 4.74 Å².